The molecule has 3 nitrogen and oxygen atoms in total. The van der Waals surface area contributed by atoms with Gasteiger partial charge in [0.2, 0.25) is 5.91 Å². The van der Waals surface area contributed by atoms with E-state index < -0.39 is 6.04 Å². The molecule has 0 aromatic heterocycles. The van der Waals surface area contributed by atoms with Crippen LogP contribution in [0.15, 0.2) is 0 Å². The van der Waals surface area contributed by atoms with E-state index in [-0.39, 0.29) is 11.8 Å². The molecule has 0 spiro atoms. The Morgan fingerprint density at radius 1 is 1.58 bits per heavy atom. The average Bonchev–Trinajstić information content (AvgIpc) is 2.10. The predicted octanol–water partition coefficient (Wildman–Crippen LogP) is 0.859. The number of nitrogens with one attached hydrogen (secondary N) is 1. The first-order valence-corrected chi connectivity index (χ1v) is 4.85. The van der Waals surface area contributed by atoms with Crippen LogP contribution >= 0.6 is 11.6 Å². The van der Waals surface area contributed by atoms with E-state index in [0.29, 0.717) is 6.54 Å². The molecule has 0 fully saturated rings. The summed E-state index contributed by atoms with van der Waals surface area (Å²) in [5, 5.41) is 2.72. The fourth-order valence-electron chi connectivity index (χ4n) is 0.788. The molecule has 1 amide bonds. The lowest BCUT2D eigenvalue weighted by atomic mass is 10.2. The molecule has 12 heavy (non-hydrogen) atoms. The number of carbonyl (C=O) groups excluding carboxylic acids is 1. The van der Waals surface area contributed by atoms with Crippen LogP contribution in [0, 0.1) is 0 Å². The zero-order valence-corrected chi connectivity index (χ0v) is 8.23. The van der Waals surface area contributed by atoms with Crippen LogP contribution in [-0.2, 0) is 4.79 Å². The molecule has 72 valence electrons. The molecule has 0 aromatic carbocycles. The number of hydrogen-bond donors (Lipinski definition) is 2. The summed E-state index contributed by atoms with van der Waals surface area (Å²) in [6.45, 7) is 2.82. The lowest BCUT2D eigenvalue weighted by Crippen LogP contribution is -2.42. The third-order valence-electron chi connectivity index (χ3n) is 1.58. The topological polar surface area (TPSA) is 55.1 Å². The van der Waals surface area contributed by atoms with Gasteiger partial charge in [-0.25, -0.2) is 0 Å². The Labute approximate surface area is 78.6 Å². The van der Waals surface area contributed by atoms with Crippen molar-refractivity contribution < 1.29 is 4.79 Å². The molecule has 0 aliphatic carbocycles. The number of amides is 1. The number of rotatable bonds is 6. The first kappa shape index (κ1) is 11.7. The molecule has 0 heterocycles. The van der Waals surface area contributed by atoms with Gasteiger partial charge in [0.25, 0.3) is 0 Å². The van der Waals surface area contributed by atoms with Gasteiger partial charge in [-0.3, -0.25) is 4.79 Å². The summed E-state index contributed by atoms with van der Waals surface area (Å²) in [6.07, 6.45) is 3.30. The SMILES string of the molecule is CCCCCNC(=O)[C@@H](N)CCl. The number of alkyl halides is 1. The zero-order valence-electron chi connectivity index (χ0n) is 7.48. The minimum atomic E-state index is -0.562. The molecule has 0 saturated carbocycles. The monoisotopic (exact) mass is 192 g/mol. The van der Waals surface area contributed by atoms with Crippen molar-refractivity contribution in [2.75, 3.05) is 12.4 Å². The molecule has 4 heteroatoms. The Morgan fingerprint density at radius 2 is 2.25 bits per heavy atom. The van der Waals surface area contributed by atoms with E-state index in [1.165, 1.54) is 0 Å². The van der Waals surface area contributed by atoms with Crippen molar-refractivity contribution >= 4 is 17.5 Å². The van der Waals surface area contributed by atoms with Crippen molar-refractivity contribution in [3.8, 4) is 0 Å². The van der Waals surface area contributed by atoms with Crippen LogP contribution < -0.4 is 11.1 Å². The maximum absolute atomic E-state index is 11.0. The van der Waals surface area contributed by atoms with E-state index in [9.17, 15) is 4.79 Å². The molecule has 0 aliphatic rings. The van der Waals surface area contributed by atoms with Crippen LogP contribution in [0.2, 0.25) is 0 Å². The van der Waals surface area contributed by atoms with E-state index >= 15 is 0 Å². The second kappa shape index (κ2) is 7.37. The van der Waals surface area contributed by atoms with E-state index in [1.807, 2.05) is 0 Å². The third kappa shape index (κ3) is 5.38. The number of hydrogen-bond acceptors (Lipinski definition) is 2. The lowest BCUT2D eigenvalue weighted by Gasteiger charge is -2.08. The van der Waals surface area contributed by atoms with Crippen LogP contribution in [0.5, 0.6) is 0 Å². The summed E-state index contributed by atoms with van der Waals surface area (Å²) in [6, 6.07) is -0.562. The first-order chi connectivity index (χ1) is 5.72. The molecular formula is C8H17ClN2O. The fourth-order valence-corrected chi connectivity index (χ4v) is 0.928. The molecule has 0 aliphatic heterocycles. The van der Waals surface area contributed by atoms with Gasteiger partial charge in [-0.05, 0) is 6.42 Å². The maximum atomic E-state index is 11.0. The number of halogens is 1. The van der Waals surface area contributed by atoms with Gasteiger partial charge in [0.05, 0.1) is 6.04 Å². The van der Waals surface area contributed by atoms with E-state index in [4.69, 9.17) is 17.3 Å². The second-order valence-electron chi connectivity index (χ2n) is 2.76. The normalized spacial score (nSPS) is 12.6. The van der Waals surface area contributed by atoms with E-state index in [1.54, 1.807) is 0 Å². The van der Waals surface area contributed by atoms with Crippen LogP contribution in [0.4, 0.5) is 0 Å². The maximum Gasteiger partial charge on any atom is 0.238 e. The quantitative estimate of drug-likeness (QED) is 0.485. The Kier molecular flexibility index (Phi) is 7.20. The molecule has 0 rings (SSSR count). The van der Waals surface area contributed by atoms with Crippen LogP contribution in [0.3, 0.4) is 0 Å². The molecule has 0 saturated heterocycles. The van der Waals surface area contributed by atoms with Crippen molar-refractivity contribution in [1.29, 1.82) is 0 Å². The largest absolute Gasteiger partial charge is 0.355 e. The van der Waals surface area contributed by atoms with Crippen LogP contribution in [-0.4, -0.2) is 24.4 Å². The summed E-state index contributed by atoms with van der Waals surface area (Å²) in [7, 11) is 0. The average molecular weight is 193 g/mol. The fraction of sp³-hybridized carbons (Fsp3) is 0.875. The summed E-state index contributed by atoms with van der Waals surface area (Å²) in [4.78, 5) is 11.0. The third-order valence-corrected chi connectivity index (χ3v) is 1.92. The standard InChI is InChI=1S/C8H17ClN2O/c1-2-3-4-5-11-8(12)7(10)6-9/h7H,2-6,10H2,1H3,(H,11,12)/t7-/m0/s1. The molecule has 0 aromatic rings. The highest BCUT2D eigenvalue weighted by Crippen LogP contribution is 1.91. The molecule has 1 atom stereocenters. The van der Waals surface area contributed by atoms with Crippen molar-refractivity contribution in [1.82, 2.24) is 5.32 Å². The Balaban J connectivity index is 3.31. The predicted molar refractivity (Wildman–Crippen MR) is 51.2 cm³/mol. The van der Waals surface area contributed by atoms with E-state index in [2.05, 4.69) is 12.2 Å². The molecule has 0 radical (unpaired) electrons. The van der Waals surface area contributed by atoms with Gasteiger partial charge in [-0.2, -0.15) is 0 Å². The van der Waals surface area contributed by atoms with Gasteiger partial charge >= 0.3 is 0 Å². The van der Waals surface area contributed by atoms with Crippen LogP contribution in [0.25, 0.3) is 0 Å². The van der Waals surface area contributed by atoms with Gasteiger partial charge in [0, 0.05) is 12.4 Å². The highest BCUT2D eigenvalue weighted by atomic mass is 35.5. The summed E-state index contributed by atoms with van der Waals surface area (Å²) in [5.41, 5.74) is 5.39. The van der Waals surface area contributed by atoms with Gasteiger partial charge in [-0.15, -0.1) is 11.6 Å². The smallest absolute Gasteiger partial charge is 0.238 e. The number of nitrogens with two attached hydrogens (primary N) is 1. The Bertz CT molecular complexity index is 130. The van der Waals surface area contributed by atoms with Gasteiger partial charge in [-0.1, -0.05) is 19.8 Å². The van der Waals surface area contributed by atoms with Crippen molar-refractivity contribution in [3.63, 3.8) is 0 Å². The second-order valence-corrected chi connectivity index (χ2v) is 3.07. The van der Waals surface area contributed by atoms with Crippen molar-refractivity contribution in [3.05, 3.63) is 0 Å². The number of unbranched alkanes of at least 4 members (excludes halogenated alkanes) is 2. The molecule has 0 unspecified atom stereocenters. The molecular weight excluding hydrogens is 176 g/mol. The van der Waals surface area contributed by atoms with Crippen LogP contribution in [0.1, 0.15) is 26.2 Å². The zero-order chi connectivity index (χ0) is 9.40. The minimum Gasteiger partial charge on any atom is -0.355 e. The van der Waals surface area contributed by atoms with Gasteiger partial charge in [0.15, 0.2) is 0 Å². The minimum absolute atomic E-state index is 0.152. The van der Waals surface area contributed by atoms with Gasteiger partial charge < -0.3 is 11.1 Å². The highest BCUT2D eigenvalue weighted by molar-refractivity contribution is 6.19. The summed E-state index contributed by atoms with van der Waals surface area (Å²) >= 11 is 5.40. The van der Waals surface area contributed by atoms with Crippen molar-refractivity contribution in [2.24, 2.45) is 5.73 Å². The molecule has 3 N–H and O–H groups in total. The van der Waals surface area contributed by atoms with Gasteiger partial charge in [0.1, 0.15) is 0 Å². The summed E-state index contributed by atoms with van der Waals surface area (Å²) in [5.74, 6) is 0.0284. The first-order valence-electron chi connectivity index (χ1n) is 4.31. The highest BCUT2D eigenvalue weighted by Gasteiger charge is 2.09. The lowest BCUT2D eigenvalue weighted by molar-refractivity contribution is -0.121. The Morgan fingerprint density at radius 3 is 2.75 bits per heavy atom. The Hall–Kier alpha value is -0.280. The van der Waals surface area contributed by atoms with E-state index in [0.717, 1.165) is 19.3 Å². The summed E-state index contributed by atoms with van der Waals surface area (Å²) < 4.78 is 0. The number of carbonyl (C=O) groups is 1. The molecule has 0 bridgehead atoms. The van der Waals surface area contributed by atoms with Crippen molar-refractivity contribution in [2.45, 2.75) is 32.2 Å².